The van der Waals surface area contributed by atoms with Gasteiger partial charge in [0.25, 0.3) is 0 Å². The summed E-state index contributed by atoms with van der Waals surface area (Å²) < 4.78 is 40.4. The van der Waals surface area contributed by atoms with Gasteiger partial charge in [-0.2, -0.15) is 4.39 Å². The highest BCUT2D eigenvalue weighted by Gasteiger charge is 2.40. The van der Waals surface area contributed by atoms with Crippen LogP contribution in [0.4, 0.5) is 18.9 Å². The van der Waals surface area contributed by atoms with Gasteiger partial charge in [-0.3, -0.25) is 9.88 Å². The molecule has 2 aliphatic heterocycles. The monoisotopic (exact) mass is 509 g/mol. The normalized spacial score (nSPS) is 17.9. The number of hydrogen-bond donors (Lipinski definition) is 0. The average molecular weight is 510 g/mol. The number of nitrogens with zero attached hydrogens (tertiary/aromatic N) is 5. The first-order valence-corrected chi connectivity index (χ1v) is 12.6. The summed E-state index contributed by atoms with van der Waals surface area (Å²) in [5.74, 6) is -2.31. The Morgan fingerprint density at radius 2 is 1.76 bits per heavy atom. The lowest BCUT2D eigenvalue weighted by Crippen LogP contribution is -2.41. The molecule has 0 saturated carbocycles. The lowest BCUT2D eigenvalue weighted by Gasteiger charge is -2.40. The minimum absolute atomic E-state index is 0.307. The number of oxime groups is 1. The summed E-state index contributed by atoms with van der Waals surface area (Å²) in [6, 6.07) is 10.7. The molecular weight excluding hydrogens is 479 g/mol. The second kappa shape index (κ2) is 10.9. The molecular formula is C28H30F3N5O. The van der Waals surface area contributed by atoms with Crippen LogP contribution in [0.5, 0.6) is 0 Å². The van der Waals surface area contributed by atoms with Crippen molar-refractivity contribution in [2.24, 2.45) is 10.6 Å². The van der Waals surface area contributed by atoms with E-state index in [4.69, 9.17) is 4.84 Å². The van der Waals surface area contributed by atoms with Gasteiger partial charge in [-0.25, -0.2) is 13.8 Å². The zero-order chi connectivity index (χ0) is 25.8. The van der Waals surface area contributed by atoms with Crippen LogP contribution in [-0.4, -0.2) is 53.4 Å². The SMILES string of the molecule is CCO/N=C(\c1ccc(F)c(F)c1)c1ccc(CN2CCC3(CCN(c4ccc(F)nc4)CC3)C2)cn1. The minimum atomic E-state index is -0.943. The number of likely N-dealkylation sites (tertiary alicyclic amines) is 1. The van der Waals surface area contributed by atoms with Crippen LogP contribution in [0.15, 0.2) is 60.0 Å². The van der Waals surface area contributed by atoms with Crippen molar-refractivity contribution in [1.29, 1.82) is 0 Å². The summed E-state index contributed by atoms with van der Waals surface area (Å²) in [6.45, 7) is 6.91. The zero-order valence-corrected chi connectivity index (χ0v) is 20.8. The fourth-order valence-corrected chi connectivity index (χ4v) is 5.30. The van der Waals surface area contributed by atoms with Crippen molar-refractivity contribution in [3.63, 3.8) is 0 Å². The molecule has 37 heavy (non-hydrogen) atoms. The van der Waals surface area contributed by atoms with Crippen LogP contribution >= 0.6 is 0 Å². The molecule has 2 aliphatic rings. The standard InChI is InChI=1S/C28H30F3N5O/c1-2-37-34-27(21-4-6-23(29)24(30)15-21)25-7-3-20(16-32-25)18-35-12-9-28(19-35)10-13-36(14-11-28)22-5-8-26(31)33-17-22/h3-8,15-17H,2,9-14,18-19H2,1H3/b34-27+. The molecule has 1 spiro atoms. The van der Waals surface area contributed by atoms with E-state index in [0.29, 0.717) is 29.0 Å². The van der Waals surface area contributed by atoms with Gasteiger partial charge in [0.15, 0.2) is 11.6 Å². The fraction of sp³-hybridized carbons (Fsp3) is 0.393. The topological polar surface area (TPSA) is 53.9 Å². The van der Waals surface area contributed by atoms with Crippen molar-refractivity contribution >= 4 is 11.4 Å². The molecule has 2 aromatic heterocycles. The number of halogens is 3. The Hall–Kier alpha value is -3.46. The maximum Gasteiger partial charge on any atom is 0.212 e. The highest BCUT2D eigenvalue weighted by Crippen LogP contribution is 2.41. The molecule has 3 aromatic rings. The molecule has 0 atom stereocenters. The largest absolute Gasteiger partial charge is 0.396 e. The summed E-state index contributed by atoms with van der Waals surface area (Å²) in [5, 5.41) is 4.10. The van der Waals surface area contributed by atoms with Gasteiger partial charge in [-0.1, -0.05) is 11.2 Å². The zero-order valence-electron chi connectivity index (χ0n) is 20.8. The van der Waals surface area contributed by atoms with Crippen molar-refractivity contribution in [3.8, 4) is 0 Å². The number of hydrogen-bond acceptors (Lipinski definition) is 6. The summed E-state index contributed by atoms with van der Waals surface area (Å²) >= 11 is 0. The molecule has 0 bridgehead atoms. The molecule has 4 heterocycles. The molecule has 9 heteroatoms. The van der Waals surface area contributed by atoms with E-state index in [1.54, 1.807) is 19.2 Å². The van der Waals surface area contributed by atoms with E-state index in [0.717, 1.165) is 75.4 Å². The Bertz CT molecular complexity index is 1240. The molecule has 5 rings (SSSR count). The van der Waals surface area contributed by atoms with Crippen molar-refractivity contribution in [2.75, 3.05) is 37.7 Å². The van der Waals surface area contributed by atoms with Gasteiger partial charge in [0, 0.05) is 37.9 Å². The highest BCUT2D eigenvalue weighted by molar-refractivity contribution is 6.11. The molecule has 2 fully saturated rings. The van der Waals surface area contributed by atoms with Crippen LogP contribution < -0.4 is 4.90 Å². The molecule has 1 aromatic carbocycles. The van der Waals surface area contributed by atoms with Gasteiger partial charge in [0.2, 0.25) is 5.95 Å². The van der Waals surface area contributed by atoms with E-state index < -0.39 is 17.6 Å². The van der Waals surface area contributed by atoms with Gasteiger partial charge in [0.1, 0.15) is 12.3 Å². The van der Waals surface area contributed by atoms with E-state index in [1.165, 1.54) is 12.1 Å². The van der Waals surface area contributed by atoms with E-state index in [-0.39, 0.29) is 0 Å². The predicted octanol–water partition coefficient (Wildman–Crippen LogP) is 5.18. The predicted molar refractivity (Wildman–Crippen MR) is 136 cm³/mol. The second-order valence-corrected chi connectivity index (χ2v) is 9.83. The van der Waals surface area contributed by atoms with Crippen LogP contribution in [0.3, 0.4) is 0 Å². The quantitative estimate of drug-likeness (QED) is 0.250. The second-order valence-electron chi connectivity index (χ2n) is 9.83. The summed E-state index contributed by atoms with van der Waals surface area (Å²) in [5.41, 5.74) is 3.65. The smallest absolute Gasteiger partial charge is 0.212 e. The Labute approximate surface area is 214 Å². The molecule has 0 amide bonds. The van der Waals surface area contributed by atoms with Crippen LogP contribution in [0.1, 0.15) is 43.0 Å². The number of aromatic nitrogens is 2. The first-order chi connectivity index (χ1) is 17.9. The number of rotatable bonds is 7. The molecule has 6 nitrogen and oxygen atoms in total. The average Bonchev–Trinajstić information content (AvgIpc) is 3.29. The van der Waals surface area contributed by atoms with E-state index >= 15 is 0 Å². The van der Waals surface area contributed by atoms with Crippen LogP contribution in [0.25, 0.3) is 0 Å². The molecule has 2 saturated heterocycles. The maximum absolute atomic E-state index is 13.8. The first-order valence-electron chi connectivity index (χ1n) is 12.6. The fourth-order valence-electron chi connectivity index (χ4n) is 5.30. The van der Waals surface area contributed by atoms with E-state index in [2.05, 4.69) is 24.9 Å². The maximum atomic E-state index is 13.8. The third-order valence-electron chi connectivity index (χ3n) is 7.37. The van der Waals surface area contributed by atoms with E-state index in [9.17, 15) is 13.2 Å². The third-order valence-corrected chi connectivity index (χ3v) is 7.37. The number of benzene rings is 1. The van der Waals surface area contributed by atoms with Crippen LogP contribution in [0.2, 0.25) is 0 Å². The lowest BCUT2D eigenvalue weighted by atomic mass is 9.77. The number of piperidine rings is 1. The van der Waals surface area contributed by atoms with Gasteiger partial charge >= 0.3 is 0 Å². The summed E-state index contributed by atoms with van der Waals surface area (Å²) in [4.78, 5) is 18.3. The Kier molecular flexibility index (Phi) is 7.41. The molecule has 0 aliphatic carbocycles. The lowest BCUT2D eigenvalue weighted by molar-refractivity contribution is 0.159. The molecule has 194 valence electrons. The van der Waals surface area contributed by atoms with Gasteiger partial charge < -0.3 is 9.74 Å². The Balaban J connectivity index is 1.21. The highest BCUT2D eigenvalue weighted by atomic mass is 19.2. The number of anilines is 1. The molecule has 0 N–H and O–H groups in total. The summed E-state index contributed by atoms with van der Waals surface area (Å²) in [6.07, 6.45) is 6.79. The van der Waals surface area contributed by atoms with E-state index in [1.807, 2.05) is 18.3 Å². The van der Waals surface area contributed by atoms with Crippen LogP contribution in [-0.2, 0) is 11.4 Å². The van der Waals surface area contributed by atoms with Crippen molar-refractivity contribution in [2.45, 2.75) is 32.7 Å². The van der Waals surface area contributed by atoms with Gasteiger partial charge in [-0.15, -0.1) is 0 Å². The first kappa shape index (κ1) is 25.2. The van der Waals surface area contributed by atoms with Crippen molar-refractivity contribution in [3.05, 3.63) is 89.3 Å². The van der Waals surface area contributed by atoms with Gasteiger partial charge in [0.05, 0.1) is 17.6 Å². The van der Waals surface area contributed by atoms with Gasteiger partial charge in [-0.05, 0) is 80.1 Å². The number of pyridine rings is 2. The Morgan fingerprint density at radius 1 is 0.946 bits per heavy atom. The minimum Gasteiger partial charge on any atom is -0.396 e. The third kappa shape index (κ3) is 5.77. The van der Waals surface area contributed by atoms with Crippen molar-refractivity contribution in [1.82, 2.24) is 14.9 Å². The van der Waals surface area contributed by atoms with Crippen molar-refractivity contribution < 1.29 is 18.0 Å². The molecule has 0 unspecified atom stereocenters. The molecule has 0 radical (unpaired) electrons. The summed E-state index contributed by atoms with van der Waals surface area (Å²) in [7, 11) is 0. The van der Waals surface area contributed by atoms with Crippen LogP contribution in [0, 0.1) is 23.0 Å². The Morgan fingerprint density at radius 3 is 2.43 bits per heavy atom.